The van der Waals surface area contributed by atoms with Gasteiger partial charge in [-0.3, -0.25) is 0 Å². The molecule has 3 nitrogen and oxygen atoms in total. The molecular weight excluding hydrogens is 238 g/mol. The lowest BCUT2D eigenvalue weighted by Gasteiger charge is -2.11. The zero-order valence-corrected chi connectivity index (χ0v) is 11.8. The van der Waals surface area contributed by atoms with E-state index >= 15 is 0 Å². The molecular formula is C16H23NO2. The molecule has 0 radical (unpaired) electrons. The molecule has 3 heteroatoms. The summed E-state index contributed by atoms with van der Waals surface area (Å²) in [7, 11) is 1.67. The maximum atomic E-state index is 5.75. The van der Waals surface area contributed by atoms with Crippen LogP contribution in [-0.2, 0) is 0 Å². The fraction of sp³-hybridized carbons (Fsp3) is 0.500. The molecule has 0 atom stereocenters. The first-order chi connectivity index (χ1) is 9.33. The monoisotopic (exact) mass is 261 g/mol. The highest BCUT2D eigenvalue weighted by Crippen LogP contribution is 2.29. The van der Waals surface area contributed by atoms with Crippen LogP contribution in [0.2, 0.25) is 0 Å². The third-order valence-electron chi connectivity index (χ3n) is 3.21. The topological polar surface area (TPSA) is 30.5 Å². The summed E-state index contributed by atoms with van der Waals surface area (Å²) in [5.41, 5.74) is 1.12. The van der Waals surface area contributed by atoms with Crippen LogP contribution in [0.3, 0.4) is 0 Å². The highest BCUT2D eigenvalue weighted by molar-refractivity contribution is 5.55. The average molecular weight is 261 g/mol. The second-order valence-electron chi connectivity index (χ2n) is 4.91. The Bertz CT molecular complexity index is 425. The quantitative estimate of drug-likeness (QED) is 0.729. The number of hydrogen-bond donors (Lipinski definition) is 1. The van der Waals surface area contributed by atoms with Crippen LogP contribution in [0.15, 0.2) is 24.3 Å². The van der Waals surface area contributed by atoms with E-state index in [9.17, 15) is 0 Å². The van der Waals surface area contributed by atoms with E-state index < -0.39 is 0 Å². The number of rotatable bonds is 8. The van der Waals surface area contributed by atoms with Crippen molar-refractivity contribution in [2.75, 3.05) is 26.8 Å². The van der Waals surface area contributed by atoms with Crippen molar-refractivity contribution in [1.82, 2.24) is 5.32 Å². The Morgan fingerprint density at radius 1 is 1.32 bits per heavy atom. The van der Waals surface area contributed by atoms with Crippen molar-refractivity contribution in [3.05, 3.63) is 29.8 Å². The van der Waals surface area contributed by atoms with Crippen molar-refractivity contribution in [1.29, 1.82) is 0 Å². The summed E-state index contributed by atoms with van der Waals surface area (Å²) in [4.78, 5) is 0. The minimum absolute atomic E-state index is 0.673. The maximum Gasteiger partial charge on any atom is 0.161 e. The van der Waals surface area contributed by atoms with Crippen molar-refractivity contribution in [3.63, 3.8) is 0 Å². The van der Waals surface area contributed by atoms with E-state index in [4.69, 9.17) is 9.47 Å². The SMILES string of the molecule is C/C=C/c1ccc(OCCNCC2CC2)c(OC)c1. The fourth-order valence-electron chi connectivity index (χ4n) is 1.96. The normalized spacial score (nSPS) is 14.8. The molecule has 1 fully saturated rings. The van der Waals surface area contributed by atoms with Crippen LogP contribution >= 0.6 is 0 Å². The zero-order chi connectivity index (χ0) is 13.5. The van der Waals surface area contributed by atoms with Crippen molar-refractivity contribution < 1.29 is 9.47 Å². The molecule has 0 aromatic heterocycles. The number of methoxy groups -OCH3 is 1. The second kappa shape index (κ2) is 7.19. The Labute approximate surface area is 115 Å². The summed E-state index contributed by atoms with van der Waals surface area (Å²) >= 11 is 0. The maximum absolute atomic E-state index is 5.75. The van der Waals surface area contributed by atoms with Gasteiger partial charge in [-0.1, -0.05) is 18.2 Å². The van der Waals surface area contributed by atoms with Gasteiger partial charge in [0.2, 0.25) is 0 Å². The fourth-order valence-corrected chi connectivity index (χ4v) is 1.96. The lowest BCUT2D eigenvalue weighted by Crippen LogP contribution is -2.23. The van der Waals surface area contributed by atoms with E-state index in [1.165, 1.54) is 12.8 Å². The molecule has 1 aromatic rings. The minimum atomic E-state index is 0.673. The standard InChI is InChI=1S/C16H23NO2/c1-3-4-13-7-8-15(16(11-13)18-2)19-10-9-17-12-14-5-6-14/h3-4,7-8,11,14,17H,5-6,9-10,12H2,1-2H3/b4-3+. The predicted octanol–water partition coefficient (Wildman–Crippen LogP) is 3.11. The second-order valence-corrected chi connectivity index (χ2v) is 4.91. The molecule has 0 heterocycles. The van der Waals surface area contributed by atoms with Crippen molar-refractivity contribution >= 4 is 6.08 Å². The van der Waals surface area contributed by atoms with Gasteiger partial charge in [-0.2, -0.15) is 0 Å². The van der Waals surface area contributed by atoms with E-state index in [1.54, 1.807) is 7.11 Å². The lowest BCUT2D eigenvalue weighted by molar-refractivity contribution is 0.292. The van der Waals surface area contributed by atoms with Crippen LogP contribution in [0.4, 0.5) is 0 Å². The molecule has 0 bridgehead atoms. The summed E-state index contributed by atoms with van der Waals surface area (Å²) in [6, 6.07) is 6.00. The molecule has 2 rings (SSSR count). The van der Waals surface area contributed by atoms with Crippen molar-refractivity contribution in [2.24, 2.45) is 5.92 Å². The van der Waals surface area contributed by atoms with Crippen LogP contribution in [0, 0.1) is 5.92 Å². The molecule has 1 N–H and O–H groups in total. The van der Waals surface area contributed by atoms with Gasteiger partial charge >= 0.3 is 0 Å². The largest absolute Gasteiger partial charge is 0.493 e. The third kappa shape index (κ3) is 4.60. The number of allylic oxidation sites excluding steroid dienone is 1. The van der Waals surface area contributed by atoms with Gasteiger partial charge in [0.05, 0.1) is 7.11 Å². The van der Waals surface area contributed by atoms with E-state index in [1.807, 2.05) is 37.3 Å². The van der Waals surface area contributed by atoms with Crippen LogP contribution in [-0.4, -0.2) is 26.8 Å². The lowest BCUT2D eigenvalue weighted by atomic mass is 10.2. The Morgan fingerprint density at radius 3 is 2.84 bits per heavy atom. The van der Waals surface area contributed by atoms with Crippen LogP contribution < -0.4 is 14.8 Å². The Balaban J connectivity index is 1.80. The number of nitrogens with one attached hydrogen (secondary N) is 1. The zero-order valence-electron chi connectivity index (χ0n) is 11.8. The molecule has 0 amide bonds. The molecule has 1 aliphatic carbocycles. The number of ether oxygens (including phenoxy) is 2. The molecule has 1 aromatic carbocycles. The van der Waals surface area contributed by atoms with Crippen LogP contribution in [0.1, 0.15) is 25.3 Å². The molecule has 19 heavy (non-hydrogen) atoms. The number of benzene rings is 1. The molecule has 0 unspecified atom stereocenters. The van der Waals surface area contributed by atoms with Gasteiger partial charge in [0.15, 0.2) is 11.5 Å². The van der Waals surface area contributed by atoms with Gasteiger partial charge in [-0.15, -0.1) is 0 Å². The van der Waals surface area contributed by atoms with Crippen LogP contribution in [0.25, 0.3) is 6.08 Å². The summed E-state index contributed by atoms with van der Waals surface area (Å²) in [6.07, 6.45) is 6.82. The van der Waals surface area contributed by atoms with Gasteiger partial charge in [-0.25, -0.2) is 0 Å². The molecule has 0 aliphatic heterocycles. The first-order valence-electron chi connectivity index (χ1n) is 6.97. The molecule has 104 valence electrons. The first kappa shape index (κ1) is 13.9. The summed E-state index contributed by atoms with van der Waals surface area (Å²) in [5, 5.41) is 3.41. The van der Waals surface area contributed by atoms with Crippen LogP contribution in [0.5, 0.6) is 11.5 Å². The smallest absolute Gasteiger partial charge is 0.161 e. The highest BCUT2D eigenvalue weighted by atomic mass is 16.5. The molecule has 1 saturated carbocycles. The van der Waals surface area contributed by atoms with E-state index in [0.717, 1.165) is 36.1 Å². The van der Waals surface area contributed by atoms with Gasteiger partial charge in [0.1, 0.15) is 6.61 Å². The molecule has 0 spiro atoms. The minimum Gasteiger partial charge on any atom is -0.493 e. The average Bonchev–Trinajstić information content (AvgIpc) is 3.24. The summed E-state index contributed by atoms with van der Waals surface area (Å²) in [5.74, 6) is 2.51. The first-order valence-corrected chi connectivity index (χ1v) is 6.97. The van der Waals surface area contributed by atoms with Crippen molar-refractivity contribution in [2.45, 2.75) is 19.8 Å². The molecule has 1 aliphatic rings. The summed E-state index contributed by atoms with van der Waals surface area (Å²) in [6.45, 7) is 4.69. The Morgan fingerprint density at radius 2 is 2.16 bits per heavy atom. The van der Waals surface area contributed by atoms with E-state index in [2.05, 4.69) is 5.32 Å². The highest BCUT2D eigenvalue weighted by Gasteiger charge is 2.19. The number of hydrogen-bond acceptors (Lipinski definition) is 3. The van der Waals surface area contributed by atoms with E-state index in [0.29, 0.717) is 6.61 Å². The molecule has 0 saturated heterocycles. The van der Waals surface area contributed by atoms with Gasteiger partial charge in [-0.05, 0) is 49.9 Å². The Kier molecular flexibility index (Phi) is 5.28. The predicted molar refractivity (Wildman–Crippen MR) is 78.8 cm³/mol. The van der Waals surface area contributed by atoms with E-state index in [-0.39, 0.29) is 0 Å². The van der Waals surface area contributed by atoms with Gasteiger partial charge in [0, 0.05) is 6.54 Å². The Hall–Kier alpha value is -1.48. The summed E-state index contributed by atoms with van der Waals surface area (Å²) < 4.78 is 11.1. The third-order valence-corrected chi connectivity index (χ3v) is 3.21. The van der Waals surface area contributed by atoms with Crippen molar-refractivity contribution in [3.8, 4) is 11.5 Å². The van der Waals surface area contributed by atoms with Gasteiger partial charge < -0.3 is 14.8 Å². The van der Waals surface area contributed by atoms with Gasteiger partial charge in [0.25, 0.3) is 0 Å².